The molecule has 4 heteroatoms. The van der Waals surface area contributed by atoms with Crippen LogP contribution in [0.25, 0.3) is 0 Å². The van der Waals surface area contributed by atoms with Gasteiger partial charge in [0.25, 0.3) is 0 Å². The summed E-state index contributed by atoms with van der Waals surface area (Å²) in [5, 5.41) is 8.88. The van der Waals surface area contributed by atoms with Crippen LogP contribution in [0.15, 0.2) is 42.5 Å². The smallest absolute Gasteiger partial charge is 0.162 e. The molecule has 0 amide bonds. The molecular weight excluding hydrogens is 290 g/mol. The lowest BCUT2D eigenvalue weighted by Gasteiger charge is -2.12. The van der Waals surface area contributed by atoms with Crippen LogP contribution >= 0.6 is 0 Å². The van der Waals surface area contributed by atoms with Crippen molar-refractivity contribution in [3.63, 3.8) is 0 Å². The minimum Gasteiger partial charge on any atom is -0.493 e. The number of hydrogen-bond donors (Lipinski definition) is 0. The van der Waals surface area contributed by atoms with Crippen LogP contribution in [0.2, 0.25) is 0 Å². The first-order valence-electron chi connectivity index (χ1n) is 7.57. The third-order valence-electron chi connectivity index (χ3n) is 3.45. The summed E-state index contributed by atoms with van der Waals surface area (Å²) in [6, 6.07) is 15.2. The quantitative estimate of drug-likeness (QED) is 0.721. The van der Waals surface area contributed by atoms with Gasteiger partial charge in [0, 0.05) is 6.07 Å². The first-order valence-corrected chi connectivity index (χ1v) is 7.57. The van der Waals surface area contributed by atoms with Crippen LogP contribution in [0.1, 0.15) is 30.9 Å². The lowest BCUT2D eigenvalue weighted by atomic mass is 10.0. The van der Waals surface area contributed by atoms with Crippen molar-refractivity contribution in [3.05, 3.63) is 53.6 Å². The summed E-state index contributed by atoms with van der Waals surface area (Å²) >= 11 is 0. The van der Waals surface area contributed by atoms with E-state index in [-0.39, 0.29) is 0 Å². The van der Waals surface area contributed by atoms with E-state index in [1.165, 1.54) is 5.56 Å². The van der Waals surface area contributed by atoms with Crippen LogP contribution in [0.4, 0.5) is 0 Å². The number of methoxy groups -OCH3 is 1. The Labute approximate surface area is 137 Å². The Hall–Kier alpha value is -2.67. The van der Waals surface area contributed by atoms with E-state index in [4.69, 9.17) is 19.5 Å². The van der Waals surface area contributed by atoms with Gasteiger partial charge in [-0.2, -0.15) is 5.26 Å². The first kappa shape index (κ1) is 16.7. The summed E-state index contributed by atoms with van der Waals surface area (Å²) in [4.78, 5) is 0. The minimum absolute atomic E-state index is 0.397. The largest absolute Gasteiger partial charge is 0.493 e. The van der Waals surface area contributed by atoms with E-state index < -0.39 is 0 Å². The van der Waals surface area contributed by atoms with E-state index in [1.54, 1.807) is 25.3 Å². The van der Waals surface area contributed by atoms with Crippen molar-refractivity contribution in [2.75, 3.05) is 20.3 Å². The molecule has 0 bridgehead atoms. The van der Waals surface area contributed by atoms with Gasteiger partial charge in [-0.15, -0.1) is 0 Å². The second kappa shape index (κ2) is 8.09. The molecule has 0 radical (unpaired) electrons. The summed E-state index contributed by atoms with van der Waals surface area (Å²) in [5.74, 6) is 2.48. The standard InChI is InChI=1S/C19H21NO3/c1-14(2)16-5-7-17(8-6-16)22-10-11-23-18-9-4-15(13-20)12-19(18)21-3/h4-9,12,14H,10-11H2,1-3H3. The molecule has 0 N–H and O–H groups in total. The molecule has 0 fully saturated rings. The van der Waals surface area contributed by atoms with E-state index in [0.29, 0.717) is 36.2 Å². The van der Waals surface area contributed by atoms with Crippen molar-refractivity contribution in [2.45, 2.75) is 19.8 Å². The van der Waals surface area contributed by atoms with Gasteiger partial charge in [-0.05, 0) is 35.7 Å². The van der Waals surface area contributed by atoms with Crippen LogP contribution in [-0.4, -0.2) is 20.3 Å². The Kier molecular flexibility index (Phi) is 5.87. The summed E-state index contributed by atoms with van der Waals surface area (Å²) in [7, 11) is 1.55. The van der Waals surface area contributed by atoms with E-state index in [1.807, 2.05) is 12.1 Å². The highest BCUT2D eigenvalue weighted by molar-refractivity contribution is 5.46. The number of nitriles is 1. The lowest BCUT2D eigenvalue weighted by Crippen LogP contribution is -2.09. The van der Waals surface area contributed by atoms with Gasteiger partial charge in [-0.3, -0.25) is 0 Å². The molecule has 0 saturated carbocycles. The average Bonchev–Trinajstić information content (AvgIpc) is 2.59. The van der Waals surface area contributed by atoms with Crippen LogP contribution in [0.3, 0.4) is 0 Å². The van der Waals surface area contributed by atoms with Crippen molar-refractivity contribution in [1.82, 2.24) is 0 Å². The maximum atomic E-state index is 8.88. The molecule has 0 aromatic heterocycles. The monoisotopic (exact) mass is 311 g/mol. The zero-order valence-electron chi connectivity index (χ0n) is 13.7. The second-order valence-electron chi connectivity index (χ2n) is 5.40. The van der Waals surface area contributed by atoms with Crippen molar-refractivity contribution >= 4 is 0 Å². The second-order valence-corrected chi connectivity index (χ2v) is 5.40. The highest BCUT2D eigenvalue weighted by Crippen LogP contribution is 2.27. The molecule has 0 aliphatic heterocycles. The maximum Gasteiger partial charge on any atom is 0.162 e. The molecule has 120 valence electrons. The first-order chi connectivity index (χ1) is 11.1. The van der Waals surface area contributed by atoms with Crippen molar-refractivity contribution in [1.29, 1.82) is 5.26 Å². The molecular formula is C19H21NO3. The number of benzene rings is 2. The molecule has 0 unspecified atom stereocenters. The van der Waals surface area contributed by atoms with Crippen LogP contribution in [-0.2, 0) is 0 Å². The Balaban J connectivity index is 1.84. The molecule has 0 atom stereocenters. The molecule has 0 aliphatic carbocycles. The van der Waals surface area contributed by atoms with E-state index in [0.717, 1.165) is 5.75 Å². The van der Waals surface area contributed by atoms with Crippen molar-refractivity contribution < 1.29 is 14.2 Å². The van der Waals surface area contributed by atoms with Gasteiger partial charge < -0.3 is 14.2 Å². The molecule has 0 aliphatic rings. The summed E-state index contributed by atoms with van der Waals surface area (Å²) in [6.07, 6.45) is 0. The summed E-state index contributed by atoms with van der Waals surface area (Å²) in [5.41, 5.74) is 1.83. The van der Waals surface area contributed by atoms with E-state index >= 15 is 0 Å². The molecule has 4 nitrogen and oxygen atoms in total. The van der Waals surface area contributed by atoms with Crippen LogP contribution in [0, 0.1) is 11.3 Å². The highest BCUT2D eigenvalue weighted by atomic mass is 16.5. The Bertz CT molecular complexity index is 672. The topological polar surface area (TPSA) is 51.5 Å². The van der Waals surface area contributed by atoms with Crippen molar-refractivity contribution in [3.8, 4) is 23.3 Å². The van der Waals surface area contributed by atoms with Gasteiger partial charge in [-0.25, -0.2) is 0 Å². The summed E-state index contributed by atoms with van der Waals surface area (Å²) < 4.78 is 16.5. The fourth-order valence-electron chi connectivity index (χ4n) is 2.12. The third kappa shape index (κ3) is 4.65. The number of ether oxygens (including phenoxy) is 3. The number of hydrogen-bond acceptors (Lipinski definition) is 4. The average molecular weight is 311 g/mol. The molecule has 0 spiro atoms. The summed E-state index contributed by atoms with van der Waals surface area (Å²) in [6.45, 7) is 5.15. The minimum atomic E-state index is 0.397. The fourth-order valence-corrected chi connectivity index (χ4v) is 2.12. The number of rotatable bonds is 7. The molecule has 0 saturated heterocycles. The van der Waals surface area contributed by atoms with Gasteiger partial charge in [0.15, 0.2) is 11.5 Å². The van der Waals surface area contributed by atoms with Crippen LogP contribution < -0.4 is 14.2 Å². The van der Waals surface area contributed by atoms with Gasteiger partial charge in [-0.1, -0.05) is 26.0 Å². The van der Waals surface area contributed by atoms with Crippen molar-refractivity contribution in [2.24, 2.45) is 0 Å². The fraction of sp³-hybridized carbons (Fsp3) is 0.316. The molecule has 2 rings (SSSR count). The molecule has 23 heavy (non-hydrogen) atoms. The van der Waals surface area contributed by atoms with E-state index in [9.17, 15) is 0 Å². The number of nitrogens with zero attached hydrogens (tertiary/aromatic N) is 1. The third-order valence-corrected chi connectivity index (χ3v) is 3.45. The molecule has 0 heterocycles. The van der Waals surface area contributed by atoms with Crippen LogP contribution in [0.5, 0.6) is 17.2 Å². The highest BCUT2D eigenvalue weighted by Gasteiger charge is 2.06. The Morgan fingerprint density at radius 3 is 2.26 bits per heavy atom. The molecule has 2 aromatic carbocycles. The van der Waals surface area contributed by atoms with E-state index in [2.05, 4.69) is 32.0 Å². The zero-order valence-corrected chi connectivity index (χ0v) is 13.7. The van der Waals surface area contributed by atoms with Gasteiger partial charge in [0.05, 0.1) is 18.7 Å². The van der Waals surface area contributed by atoms with Gasteiger partial charge in [0.2, 0.25) is 0 Å². The Morgan fingerprint density at radius 1 is 0.957 bits per heavy atom. The zero-order chi connectivity index (χ0) is 16.7. The van der Waals surface area contributed by atoms with Gasteiger partial charge in [0.1, 0.15) is 19.0 Å². The predicted octanol–water partition coefficient (Wildman–Crippen LogP) is 4.15. The molecule has 2 aromatic rings. The normalized spacial score (nSPS) is 10.2. The maximum absolute atomic E-state index is 8.88. The predicted molar refractivity (Wildman–Crippen MR) is 89.2 cm³/mol. The Morgan fingerprint density at radius 2 is 1.65 bits per heavy atom. The lowest BCUT2D eigenvalue weighted by molar-refractivity contribution is 0.211. The van der Waals surface area contributed by atoms with Gasteiger partial charge >= 0.3 is 0 Å². The SMILES string of the molecule is COc1cc(C#N)ccc1OCCOc1ccc(C(C)C)cc1.